The molecule has 0 aliphatic carbocycles. The summed E-state index contributed by atoms with van der Waals surface area (Å²) in [5, 5.41) is 0.434. The number of carbonyl (C=O) groups excluding carboxylic acids is 2. The second-order valence-corrected chi connectivity index (χ2v) is 9.00. The maximum Gasteiger partial charge on any atom is 0.260 e. The largest absolute Gasteiger partial charge is 0.484 e. The molecule has 2 saturated heterocycles. The van der Waals surface area contributed by atoms with Gasteiger partial charge in [-0.3, -0.25) is 14.5 Å². The van der Waals surface area contributed by atoms with Gasteiger partial charge in [0.05, 0.1) is 0 Å². The van der Waals surface area contributed by atoms with Crippen molar-refractivity contribution in [2.24, 2.45) is 5.92 Å². The Morgan fingerprint density at radius 1 is 0.939 bits per heavy atom. The zero-order valence-electron chi connectivity index (χ0n) is 18.6. The van der Waals surface area contributed by atoms with Crippen LogP contribution in [0.1, 0.15) is 18.4 Å². The Morgan fingerprint density at radius 3 is 2.30 bits per heavy atom. The van der Waals surface area contributed by atoms with Gasteiger partial charge in [0.25, 0.3) is 5.91 Å². The molecule has 2 amide bonds. The molecular formula is C25H29ClFN3O3. The summed E-state index contributed by atoms with van der Waals surface area (Å²) in [7, 11) is 0. The van der Waals surface area contributed by atoms with Gasteiger partial charge in [-0.25, -0.2) is 4.39 Å². The summed E-state index contributed by atoms with van der Waals surface area (Å²) in [6, 6.07) is 13.8. The molecule has 2 aromatic rings. The van der Waals surface area contributed by atoms with Crippen molar-refractivity contribution in [3.05, 3.63) is 64.9 Å². The summed E-state index contributed by atoms with van der Waals surface area (Å²) in [6.45, 7) is 4.67. The van der Waals surface area contributed by atoms with Crippen molar-refractivity contribution in [1.29, 1.82) is 0 Å². The van der Waals surface area contributed by atoms with Crippen LogP contribution in [0.2, 0.25) is 5.02 Å². The molecule has 0 spiro atoms. The van der Waals surface area contributed by atoms with E-state index in [0.29, 0.717) is 56.3 Å². The molecule has 0 unspecified atom stereocenters. The van der Waals surface area contributed by atoms with Gasteiger partial charge in [-0.1, -0.05) is 35.9 Å². The number of likely N-dealkylation sites (tertiary alicyclic amines) is 1. The summed E-state index contributed by atoms with van der Waals surface area (Å²) in [6.07, 6.45) is 1.36. The minimum atomic E-state index is -0.337. The van der Waals surface area contributed by atoms with Crippen molar-refractivity contribution in [3.8, 4) is 5.75 Å². The van der Waals surface area contributed by atoms with Crippen LogP contribution < -0.4 is 4.74 Å². The lowest BCUT2D eigenvalue weighted by Crippen LogP contribution is -2.51. The Kier molecular flexibility index (Phi) is 7.83. The van der Waals surface area contributed by atoms with Crippen molar-refractivity contribution in [3.63, 3.8) is 0 Å². The van der Waals surface area contributed by atoms with Gasteiger partial charge < -0.3 is 14.5 Å². The molecule has 0 radical (unpaired) electrons. The molecule has 33 heavy (non-hydrogen) atoms. The zero-order valence-corrected chi connectivity index (χ0v) is 19.3. The minimum Gasteiger partial charge on any atom is -0.484 e. The maximum absolute atomic E-state index is 13.3. The number of amides is 2. The Hall–Kier alpha value is -2.64. The van der Waals surface area contributed by atoms with Gasteiger partial charge in [-0.2, -0.15) is 0 Å². The first-order valence-corrected chi connectivity index (χ1v) is 11.8. The summed E-state index contributed by atoms with van der Waals surface area (Å²) < 4.78 is 18.8. The number of hydrogen-bond donors (Lipinski definition) is 0. The molecule has 2 aliphatic rings. The average Bonchev–Trinajstić information content (AvgIpc) is 2.85. The van der Waals surface area contributed by atoms with Crippen LogP contribution in [0.3, 0.4) is 0 Å². The lowest BCUT2D eigenvalue weighted by molar-refractivity contribution is -0.142. The highest BCUT2D eigenvalue weighted by Crippen LogP contribution is 2.23. The molecule has 0 bridgehead atoms. The SMILES string of the molecule is O=C(COc1ccccc1)N1CCC(C(=O)N2CCN(Cc3ccc(F)cc3Cl)CC2)CC1. The molecule has 0 N–H and O–H groups in total. The van der Waals surface area contributed by atoms with Crippen molar-refractivity contribution >= 4 is 23.4 Å². The second-order valence-electron chi connectivity index (χ2n) is 8.59. The van der Waals surface area contributed by atoms with Gasteiger partial charge in [-0.15, -0.1) is 0 Å². The number of benzene rings is 2. The first-order chi connectivity index (χ1) is 16.0. The van der Waals surface area contributed by atoms with Crippen LogP contribution in [0.15, 0.2) is 48.5 Å². The van der Waals surface area contributed by atoms with Crippen LogP contribution in [0, 0.1) is 11.7 Å². The van der Waals surface area contributed by atoms with Gasteiger partial charge in [0.2, 0.25) is 5.91 Å². The second kappa shape index (κ2) is 11.0. The molecular weight excluding hydrogens is 445 g/mol. The van der Waals surface area contributed by atoms with Gasteiger partial charge in [0.1, 0.15) is 11.6 Å². The number of rotatable bonds is 6. The van der Waals surface area contributed by atoms with Gasteiger partial charge >= 0.3 is 0 Å². The highest BCUT2D eigenvalue weighted by atomic mass is 35.5. The predicted molar refractivity (Wildman–Crippen MR) is 125 cm³/mol. The fourth-order valence-electron chi connectivity index (χ4n) is 4.40. The number of para-hydroxylation sites is 1. The number of piperidine rings is 1. The molecule has 6 nitrogen and oxygen atoms in total. The lowest BCUT2D eigenvalue weighted by Gasteiger charge is -2.38. The number of nitrogens with zero attached hydrogens (tertiary/aromatic N) is 3. The molecule has 2 heterocycles. The highest BCUT2D eigenvalue weighted by molar-refractivity contribution is 6.31. The van der Waals surface area contributed by atoms with E-state index in [2.05, 4.69) is 4.90 Å². The number of ether oxygens (including phenoxy) is 1. The third kappa shape index (κ3) is 6.24. The van der Waals surface area contributed by atoms with Crippen molar-refractivity contribution < 1.29 is 18.7 Å². The molecule has 0 atom stereocenters. The fraction of sp³-hybridized carbons (Fsp3) is 0.440. The van der Waals surface area contributed by atoms with E-state index >= 15 is 0 Å². The standard InChI is InChI=1S/C25H29ClFN3O3/c26-23-16-21(27)7-6-20(23)17-28-12-14-30(15-13-28)25(32)19-8-10-29(11-9-19)24(31)18-33-22-4-2-1-3-5-22/h1-7,16,19H,8-15,17-18H2. The van der Waals surface area contributed by atoms with Gasteiger partial charge in [0, 0.05) is 56.8 Å². The zero-order chi connectivity index (χ0) is 23.2. The van der Waals surface area contributed by atoms with Crippen molar-refractivity contribution in [2.45, 2.75) is 19.4 Å². The number of piperazine rings is 1. The van der Waals surface area contributed by atoms with Crippen LogP contribution in [0.5, 0.6) is 5.75 Å². The lowest BCUT2D eigenvalue weighted by atomic mass is 9.95. The van der Waals surface area contributed by atoms with Crippen LogP contribution >= 0.6 is 11.6 Å². The summed E-state index contributed by atoms with van der Waals surface area (Å²) in [5.74, 6) is 0.439. The van der Waals surface area contributed by atoms with Crippen LogP contribution in [0.25, 0.3) is 0 Å². The average molecular weight is 474 g/mol. The summed E-state index contributed by atoms with van der Waals surface area (Å²) in [4.78, 5) is 31.4. The fourth-order valence-corrected chi connectivity index (χ4v) is 4.63. The Balaban J connectivity index is 1.19. The number of halogens is 2. The minimum absolute atomic E-state index is 0.0165. The van der Waals surface area contributed by atoms with Gasteiger partial charge in [-0.05, 0) is 42.7 Å². The van der Waals surface area contributed by atoms with E-state index in [0.717, 1.165) is 18.7 Å². The van der Waals surface area contributed by atoms with E-state index in [1.807, 2.05) is 35.2 Å². The smallest absolute Gasteiger partial charge is 0.260 e. The summed E-state index contributed by atoms with van der Waals surface area (Å²) >= 11 is 6.15. The van der Waals surface area contributed by atoms with E-state index < -0.39 is 0 Å². The van der Waals surface area contributed by atoms with Crippen molar-refractivity contribution in [2.75, 3.05) is 45.9 Å². The molecule has 2 fully saturated rings. The Morgan fingerprint density at radius 2 is 1.64 bits per heavy atom. The molecule has 2 aromatic carbocycles. The van der Waals surface area contributed by atoms with E-state index in [-0.39, 0.29) is 30.2 Å². The third-order valence-electron chi connectivity index (χ3n) is 6.40. The first kappa shape index (κ1) is 23.5. The van der Waals surface area contributed by atoms with Crippen LogP contribution in [-0.2, 0) is 16.1 Å². The maximum atomic E-state index is 13.3. The van der Waals surface area contributed by atoms with Gasteiger partial charge in [0.15, 0.2) is 6.61 Å². The molecule has 0 saturated carbocycles. The molecule has 176 valence electrons. The van der Waals surface area contributed by atoms with Crippen LogP contribution in [0.4, 0.5) is 4.39 Å². The summed E-state index contributed by atoms with van der Waals surface area (Å²) in [5.41, 5.74) is 0.895. The topological polar surface area (TPSA) is 53.1 Å². The number of carbonyl (C=O) groups is 2. The number of hydrogen-bond acceptors (Lipinski definition) is 4. The molecule has 0 aromatic heterocycles. The van der Waals surface area contributed by atoms with E-state index in [1.54, 1.807) is 11.0 Å². The monoisotopic (exact) mass is 473 g/mol. The normalized spacial score (nSPS) is 17.8. The van der Waals surface area contributed by atoms with E-state index in [1.165, 1.54) is 12.1 Å². The molecule has 8 heteroatoms. The molecule has 2 aliphatic heterocycles. The molecule has 4 rings (SSSR count). The van der Waals surface area contributed by atoms with E-state index in [9.17, 15) is 14.0 Å². The third-order valence-corrected chi connectivity index (χ3v) is 6.75. The van der Waals surface area contributed by atoms with Crippen LogP contribution in [-0.4, -0.2) is 72.4 Å². The quantitative estimate of drug-likeness (QED) is 0.645. The predicted octanol–water partition coefficient (Wildman–Crippen LogP) is 3.44. The van der Waals surface area contributed by atoms with E-state index in [4.69, 9.17) is 16.3 Å². The highest BCUT2D eigenvalue weighted by Gasteiger charge is 2.31. The Bertz CT molecular complexity index is 959. The first-order valence-electron chi connectivity index (χ1n) is 11.4. The Labute approximate surface area is 198 Å². The van der Waals surface area contributed by atoms with Crippen molar-refractivity contribution in [1.82, 2.24) is 14.7 Å².